The maximum absolute atomic E-state index is 15.5. The van der Waals surface area contributed by atoms with E-state index in [0.717, 1.165) is 62.2 Å². The Balaban J connectivity index is 1.29. The van der Waals surface area contributed by atoms with Crippen molar-refractivity contribution >= 4 is 28.3 Å². The molecular weight excluding hydrogens is 543 g/mol. The molecule has 3 heterocycles. The standard InChI is InChI=1S/C34H33FN6O2/c1-20-24(22-14-28(35)27(32(15-22)43-3)17-36-16-23-10-11-33(42)40-23)6-4-7-25(20)26-8-5-9-29(21(26)2)41-31-19-37-18-30-34(31)39-13-12-38-30/h4-9,12-15,18-19,23,36,41H,10-11,16-17H2,1-3H3,(H,40,42)/t23-/m0/s1. The number of methoxy groups -OCH3 is 1. The third-order valence-corrected chi connectivity index (χ3v) is 8.07. The molecule has 1 atom stereocenters. The van der Waals surface area contributed by atoms with Gasteiger partial charge in [0.25, 0.3) is 0 Å². The molecule has 0 radical (unpaired) electrons. The zero-order valence-electron chi connectivity index (χ0n) is 24.4. The molecule has 0 bridgehead atoms. The van der Waals surface area contributed by atoms with Crippen LogP contribution in [0.25, 0.3) is 33.3 Å². The topological polar surface area (TPSA) is 101 Å². The van der Waals surface area contributed by atoms with Gasteiger partial charge >= 0.3 is 0 Å². The zero-order chi connectivity index (χ0) is 29.9. The minimum absolute atomic E-state index is 0.0627. The number of halogens is 1. The lowest BCUT2D eigenvalue weighted by Crippen LogP contribution is -2.35. The van der Waals surface area contributed by atoms with Gasteiger partial charge < -0.3 is 20.7 Å². The lowest BCUT2D eigenvalue weighted by molar-refractivity contribution is -0.119. The van der Waals surface area contributed by atoms with Crippen molar-refractivity contribution < 1.29 is 13.9 Å². The molecular formula is C34H33FN6O2. The summed E-state index contributed by atoms with van der Waals surface area (Å²) in [5, 5.41) is 9.69. The summed E-state index contributed by atoms with van der Waals surface area (Å²) >= 11 is 0. The number of anilines is 2. The summed E-state index contributed by atoms with van der Waals surface area (Å²) in [4.78, 5) is 24.6. The molecule has 9 heteroatoms. The maximum Gasteiger partial charge on any atom is 0.220 e. The summed E-state index contributed by atoms with van der Waals surface area (Å²) < 4.78 is 21.2. The monoisotopic (exact) mass is 576 g/mol. The average Bonchev–Trinajstić information content (AvgIpc) is 3.44. The fourth-order valence-electron chi connectivity index (χ4n) is 5.76. The van der Waals surface area contributed by atoms with Crippen LogP contribution in [0.5, 0.6) is 5.75 Å². The van der Waals surface area contributed by atoms with Crippen LogP contribution >= 0.6 is 0 Å². The second-order valence-electron chi connectivity index (χ2n) is 10.8. The van der Waals surface area contributed by atoms with Crippen LogP contribution in [0.4, 0.5) is 15.8 Å². The van der Waals surface area contributed by atoms with Crippen molar-refractivity contribution in [1.29, 1.82) is 0 Å². The van der Waals surface area contributed by atoms with Crippen LogP contribution in [0, 0.1) is 19.7 Å². The Labute approximate surface area is 249 Å². The van der Waals surface area contributed by atoms with Crippen molar-refractivity contribution in [1.82, 2.24) is 25.6 Å². The molecule has 0 aliphatic carbocycles. The molecule has 8 nitrogen and oxygen atoms in total. The molecule has 0 unspecified atom stereocenters. The van der Waals surface area contributed by atoms with Crippen molar-refractivity contribution in [3.05, 3.63) is 95.8 Å². The molecule has 218 valence electrons. The van der Waals surface area contributed by atoms with Crippen LogP contribution < -0.4 is 20.7 Å². The maximum atomic E-state index is 15.5. The van der Waals surface area contributed by atoms with Crippen molar-refractivity contribution in [3.63, 3.8) is 0 Å². The number of nitrogens with zero attached hydrogens (tertiary/aromatic N) is 3. The highest BCUT2D eigenvalue weighted by Crippen LogP contribution is 2.38. The molecule has 1 aliphatic heterocycles. The smallest absolute Gasteiger partial charge is 0.220 e. The van der Waals surface area contributed by atoms with E-state index in [1.165, 1.54) is 0 Å². The van der Waals surface area contributed by atoms with E-state index in [1.807, 2.05) is 30.3 Å². The fraction of sp³-hybridized carbons (Fsp3) is 0.235. The number of nitrogens with one attached hydrogen (secondary N) is 3. The minimum Gasteiger partial charge on any atom is -0.496 e. The molecule has 3 aromatic carbocycles. The summed E-state index contributed by atoms with van der Waals surface area (Å²) in [5.41, 5.74) is 9.53. The molecule has 2 aromatic heterocycles. The van der Waals surface area contributed by atoms with Crippen LogP contribution in [0.1, 0.15) is 29.5 Å². The van der Waals surface area contributed by atoms with E-state index in [2.05, 4.69) is 56.9 Å². The summed E-state index contributed by atoms with van der Waals surface area (Å²) in [5.74, 6) is 0.209. The number of rotatable bonds is 9. The van der Waals surface area contributed by atoms with Crippen LogP contribution in [0.15, 0.2) is 73.3 Å². The predicted octanol–water partition coefficient (Wildman–Crippen LogP) is 6.24. The third kappa shape index (κ3) is 5.76. The Morgan fingerprint density at radius 2 is 1.74 bits per heavy atom. The van der Waals surface area contributed by atoms with E-state index < -0.39 is 0 Å². The number of hydrogen-bond donors (Lipinski definition) is 3. The van der Waals surface area contributed by atoms with Gasteiger partial charge in [0.1, 0.15) is 22.6 Å². The van der Waals surface area contributed by atoms with Gasteiger partial charge in [-0.3, -0.25) is 19.7 Å². The Morgan fingerprint density at radius 3 is 2.53 bits per heavy atom. The highest BCUT2D eigenvalue weighted by atomic mass is 19.1. The van der Waals surface area contributed by atoms with Crippen LogP contribution in [0.3, 0.4) is 0 Å². The molecule has 6 rings (SSSR count). The van der Waals surface area contributed by atoms with Crippen molar-refractivity contribution in [2.45, 2.75) is 39.3 Å². The molecule has 1 saturated heterocycles. The second kappa shape index (κ2) is 12.1. The van der Waals surface area contributed by atoms with E-state index in [-0.39, 0.29) is 17.8 Å². The SMILES string of the molecule is COc1cc(-c2cccc(-c3cccc(Nc4cncc5nccnc45)c3C)c2C)cc(F)c1CNC[C@@H]1CCC(=O)N1. The fourth-order valence-corrected chi connectivity index (χ4v) is 5.76. The normalized spacial score (nSPS) is 14.6. The first-order chi connectivity index (χ1) is 20.9. The molecule has 0 saturated carbocycles. The average molecular weight is 577 g/mol. The molecule has 1 aliphatic rings. The number of pyridine rings is 1. The number of carbonyl (C=O) groups is 1. The highest BCUT2D eigenvalue weighted by molar-refractivity contribution is 5.90. The number of fused-ring (bicyclic) bond motifs is 1. The van der Waals surface area contributed by atoms with Crippen molar-refractivity contribution in [2.24, 2.45) is 0 Å². The first-order valence-electron chi connectivity index (χ1n) is 14.3. The summed E-state index contributed by atoms with van der Waals surface area (Å²) in [6.07, 6.45) is 8.10. The van der Waals surface area contributed by atoms with Gasteiger partial charge in [-0.2, -0.15) is 0 Å². The number of hydrogen-bond acceptors (Lipinski definition) is 7. The first kappa shape index (κ1) is 28.2. The largest absolute Gasteiger partial charge is 0.496 e. The number of benzene rings is 3. The zero-order valence-corrected chi connectivity index (χ0v) is 24.4. The highest BCUT2D eigenvalue weighted by Gasteiger charge is 2.21. The molecule has 1 fully saturated rings. The van der Waals surface area contributed by atoms with Gasteiger partial charge in [0, 0.05) is 49.2 Å². The molecule has 43 heavy (non-hydrogen) atoms. The van der Waals surface area contributed by atoms with Crippen LogP contribution in [-0.2, 0) is 11.3 Å². The quantitative estimate of drug-likeness (QED) is 0.191. The number of carbonyl (C=O) groups excluding carboxylic acids is 1. The number of aromatic nitrogens is 3. The summed E-state index contributed by atoms with van der Waals surface area (Å²) in [7, 11) is 1.56. The lowest BCUT2D eigenvalue weighted by Gasteiger charge is -2.18. The van der Waals surface area contributed by atoms with E-state index >= 15 is 4.39 Å². The number of ether oxygens (including phenoxy) is 1. The summed E-state index contributed by atoms with van der Waals surface area (Å²) in [6, 6.07) is 15.8. The van der Waals surface area contributed by atoms with E-state index in [0.29, 0.717) is 30.8 Å². The Bertz CT molecular complexity index is 1820. The van der Waals surface area contributed by atoms with Crippen molar-refractivity contribution in [3.8, 4) is 28.0 Å². The Kier molecular flexibility index (Phi) is 7.98. The van der Waals surface area contributed by atoms with Gasteiger partial charge in [0.05, 0.1) is 25.2 Å². The van der Waals surface area contributed by atoms with Gasteiger partial charge in [0.2, 0.25) is 5.91 Å². The molecule has 0 spiro atoms. The van der Waals surface area contributed by atoms with Gasteiger partial charge in [-0.15, -0.1) is 0 Å². The van der Waals surface area contributed by atoms with Gasteiger partial charge in [0.15, 0.2) is 0 Å². The summed E-state index contributed by atoms with van der Waals surface area (Å²) in [6.45, 7) is 5.02. The lowest BCUT2D eigenvalue weighted by atomic mass is 9.90. The predicted molar refractivity (Wildman–Crippen MR) is 167 cm³/mol. The van der Waals surface area contributed by atoms with E-state index in [4.69, 9.17) is 4.74 Å². The second-order valence-corrected chi connectivity index (χ2v) is 10.8. The molecule has 1 amide bonds. The van der Waals surface area contributed by atoms with Crippen LogP contribution in [0.2, 0.25) is 0 Å². The minimum atomic E-state index is -0.337. The number of amides is 1. The third-order valence-electron chi connectivity index (χ3n) is 8.07. The Hall–Kier alpha value is -4.89. The van der Waals surface area contributed by atoms with E-state index in [9.17, 15) is 4.79 Å². The van der Waals surface area contributed by atoms with Crippen molar-refractivity contribution in [2.75, 3.05) is 19.0 Å². The van der Waals surface area contributed by atoms with E-state index in [1.54, 1.807) is 38.0 Å². The molecule has 5 aromatic rings. The van der Waals surface area contributed by atoms with Gasteiger partial charge in [-0.25, -0.2) is 4.39 Å². The molecule has 3 N–H and O–H groups in total. The van der Waals surface area contributed by atoms with Gasteiger partial charge in [-0.1, -0.05) is 30.3 Å². The van der Waals surface area contributed by atoms with Crippen LogP contribution in [-0.4, -0.2) is 40.6 Å². The van der Waals surface area contributed by atoms with Gasteiger partial charge in [-0.05, 0) is 71.8 Å². The Morgan fingerprint density at radius 1 is 0.977 bits per heavy atom. The first-order valence-corrected chi connectivity index (χ1v) is 14.3.